The Hall–Kier alpha value is -1.54. The molecule has 1 N–H and O–H groups in total. The number of carbonyl (C=O) groups excluding carboxylic acids is 1. The molecule has 2 aromatic heterocycles. The molecule has 0 radical (unpaired) electrons. The lowest BCUT2D eigenvalue weighted by molar-refractivity contribution is -0.118. The average molecular weight is 327 g/mol. The Balaban J connectivity index is 1.74. The number of thiophene rings is 1. The van der Waals surface area contributed by atoms with Gasteiger partial charge in [0.15, 0.2) is 5.82 Å². The van der Waals surface area contributed by atoms with Gasteiger partial charge in [-0.05, 0) is 17.9 Å². The number of nitrogens with one attached hydrogen (secondary N) is 1. The summed E-state index contributed by atoms with van der Waals surface area (Å²) in [7, 11) is -1.33. The number of aromatic nitrogens is 2. The summed E-state index contributed by atoms with van der Waals surface area (Å²) in [5.41, 5.74) is 0. The Labute approximate surface area is 129 Å². The number of aryl methyl sites for hydroxylation is 1. The molecule has 0 saturated carbocycles. The van der Waals surface area contributed by atoms with Gasteiger partial charge in [-0.15, -0.1) is 11.3 Å². The Morgan fingerprint density at radius 3 is 3.10 bits per heavy atom. The molecule has 21 heavy (non-hydrogen) atoms. The largest absolute Gasteiger partial charge is 0.350 e. The third-order valence-corrected chi connectivity index (χ3v) is 4.64. The van der Waals surface area contributed by atoms with Crippen molar-refractivity contribution in [1.82, 2.24) is 15.5 Å². The maximum absolute atomic E-state index is 11.9. The van der Waals surface area contributed by atoms with Crippen LogP contribution in [0, 0.1) is 0 Å². The van der Waals surface area contributed by atoms with Crippen molar-refractivity contribution in [3.05, 3.63) is 34.1 Å². The van der Waals surface area contributed by atoms with Crippen LogP contribution in [-0.2, 0) is 34.3 Å². The van der Waals surface area contributed by atoms with Gasteiger partial charge in [-0.1, -0.05) is 18.1 Å². The maximum Gasteiger partial charge on any atom is 0.232 e. The summed E-state index contributed by atoms with van der Waals surface area (Å²) in [4.78, 5) is 16.9. The van der Waals surface area contributed by atoms with Crippen LogP contribution in [-0.4, -0.2) is 26.0 Å². The van der Waals surface area contributed by atoms with Crippen molar-refractivity contribution < 1.29 is 13.5 Å². The normalized spacial score (nSPS) is 12.2. The first-order chi connectivity index (χ1) is 10.2. The number of amides is 1. The molecular weight excluding hydrogens is 310 g/mol. The van der Waals surface area contributed by atoms with E-state index in [9.17, 15) is 9.00 Å². The van der Waals surface area contributed by atoms with E-state index in [4.69, 9.17) is 4.52 Å². The van der Waals surface area contributed by atoms with E-state index in [1.165, 1.54) is 0 Å². The van der Waals surface area contributed by atoms with E-state index in [2.05, 4.69) is 15.5 Å². The van der Waals surface area contributed by atoms with Gasteiger partial charge in [0.05, 0.1) is 12.3 Å². The van der Waals surface area contributed by atoms with Crippen molar-refractivity contribution in [2.24, 2.45) is 0 Å². The fourth-order valence-corrected chi connectivity index (χ4v) is 3.20. The van der Waals surface area contributed by atoms with Gasteiger partial charge in [0, 0.05) is 22.1 Å². The van der Waals surface area contributed by atoms with E-state index in [0.29, 0.717) is 24.7 Å². The third-order valence-electron chi connectivity index (χ3n) is 2.60. The van der Waals surface area contributed by atoms with Crippen molar-refractivity contribution in [2.75, 3.05) is 5.75 Å². The highest BCUT2D eigenvalue weighted by Gasteiger charge is 2.13. The molecule has 0 saturated heterocycles. The van der Waals surface area contributed by atoms with E-state index >= 15 is 0 Å². The summed E-state index contributed by atoms with van der Waals surface area (Å²) in [6, 6.07) is 3.87. The second-order valence-corrected chi connectivity index (χ2v) is 6.93. The molecule has 2 heterocycles. The first kappa shape index (κ1) is 15.8. The number of carbonyl (C=O) groups is 1. The SMILES string of the molecule is CCCc1nc(CS(=O)CC(=O)NCc2cccs2)no1. The average Bonchev–Trinajstić information content (AvgIpc) is 3.08. The molecule has 0 aromatic carbocycles. The molecule has 0 aliphatic rings. The van der Waals surface area contributed by atoms with Gasteiger partial charge in [0.1, 0.15) is 5.75 Å². The smallest absolute Gasteiger partial charge is 0.232 e. The minimum absolute atomic E-state index is 0.0526. The Bertz CT molecular complexity index is 596. The molecule has 6 nitrogen and oxygen atoms in total. The van der Waals surface area contributed by atoms with Gasteiger partial charge in [0.2, 0.25) is 11.8 Å². The Morgan fingerprint density at radius 2 is 2.38 bits per heavy atom. The lowest BCUT2D eigenvalue weighted by atomic mass is 10.3. The van der Waals surface area contributed by atoms with Gasteiger partial charge in [-0.25, -0.2) is 0 Å². The van der Waals surface area contributed by atoms with Crippen LogP contribution in [0.3, 0.4) is 0 Å². The molecule has 1 unspecified atom stereocenters. The first-order valence-corrected chi connectivity index (χ1v) is 8.99. The lowest BCUT2D eigenvalue weighted by Crippen LogP contribution is -2.28. The third kappa shape index (κ3) is 5.39. The highest BCUT2D eigenvalue weighted by atomic mass is 32.2. The number of nitrogens with zero attached hydrogens (tertiary/aromatic N) is 2. The second kappa shape index (κ2) is 8.04. The van der Waals surface area contributed by atoms with Crippen molar-refractivity contribution in [3.8, 4) is 0 Å². The molecule has 8 heteroatoms. The van der Waals surface area contributed by atoms with Crippen molar-refractivity contribution in [2.45, 2.75) is 32.1 Å². The van der Waals surface area contributed by atoms with E-state index in [1.54, 1.807) is 11.3 Å². The minimum Gasteiger partial charge on any atom is -0.350 e. The molecular formula is C13H17N3O3S2. The topological polar surface area (TPSA) is 85.1 Å². The van der Waals surface area contributed by atoms with Crippen molar-refractivity contribution in [1.29, 1.82) is 0 Å². The predicted molar refractivity (Wildman–Crippen MR) is 81.2 cm³/mol. The monoisotopic (exact) mass is 327 g/mol. The maximum atomic E-state index is 11.9. The molecule has 2 rings (SSSR count). The van der Waals surface area contributed by atoms with Gasteiger partial charge in [-0.3, -0.25) is 9.00 Å². The fraction of sp³-hybridized carbons (Fsp3) is 0.462. The van der Waals surface area contributed by atoms with Gasteiger partial charge >= 0.3 is 0 Å². The number of rotatable bonds is 8. The van der Waals surface area contributed by atoms with Crippen molar-refractivity contribution >= 4 is 28.0 Å². The quantitative estimate of drug-likeness (QED) is 0.797. The number of hydrogen-bond acceptors (Lipinski definition) is 6. The summed E-state index contributed by atoms with van der Waals surface area (Å²) in [6.45, 7) is 2.48. The fourth-order valence-electron chi connectivity index (χ4n) is 1.66. The molecule has 0 aliphatic heterocycles. The Kier molecular flexibility index (Phi) is 6.06. The molecule has 114 valence electrons. The Morgan fingerprint density at radius 1 is 1.52 bits per heavy atom. The zero-order chi connectivity index (χ0) is 15.1. The van der Waals surface area contributed by atoms with Gasteiger partial charge < -0.3 is 9.84 Å². The van der Waals surface area contributed by atoms with Crippen LogP contribution < -0.4 is 5.32 Å². The summed E-state index contributed by atoms with van der Waals surface area (Å²) < 4.78 is 16.9. The van der Waals surface area contributed by atoms with Gasteiger partial charge in [-0.2, -0.15) is 4.98 Å². The molecule has 2 aromatic rings. The van der Waals surface area contributed by atoms with E-state index in [-0.39, 0.29) is 17.4 Å². The number of hydrogen-bond donors (Lipinski definition) is 1. The minimum atomic E-state index is -1.33. The van der Waals surface area contributed by atoms with Crippen LogP contribution in [0.2, 0.25) is 0 Å². The molecule has 0 spiro atoms. The van der Waals surface area contributed by atoms with E-state index < -0.39 is 10.8 Å². The summed E-state index contributed by atoms with van der Waals surface area (Å²) in [5, 5.41) is 8.45. The van der Waals surface area contributed by atoms with Crippen LogP contribution in [0.15, 0.2) is 22.0 Å². The second-order valence-electron chi connectivity index (χ2n) is 4.44. The van der Waals surface area contributed by atoms with Crippen molar-refractivity contribution in [3.63, 3.8) is 0 Å². The molecule has 0 fully saturated rings. The summed E-state index contributed by atoms with van der Waals surface area (Å²) >= 11 is 1.57. The zero-order valence-corrected chi connectivity index (χ0v) is 13.3. The standard InChI is InChI=1S/C13H17N3O3S2/c1-2-4-13-15-11(16-19-13)8-21(18)9-12(17)14-7-10-5-3-6-20-10/h3,5-6H,2,4,7-9H2,1H3,(H,14,17). The zero-order valence-electron chi connectivity index (χ0n) is 11.7. The van der Waals surface area contributed by atoms with Crippen LogP contribution in [0.4, 0.5) is 0 Å². The summed E-state index contributed by atoms with van der Waals surface area (Å²) in [5.74, 6) is 0.788. The van der Waals surface area contributed by atoms with Crippen LogP contribution in [0.1, 0.15) is 29.9 Å². The summed E-state index contributed by atoms with van der Waals surface area (Å²) in [6.07, 6.45) is 1.62. The van der Waals surface area contributed by atoms with Crippen LogP contribution >= 0.6 is 11.3 Å². The van der Waals surface area contributed by atoms with Gasteiger partial charge in [0.25, 0.3) is 0 Å². The highest BCUT2D eigenvalue weighted by Crippen LogP contribution is 2.07. The lowest BCUT2D eigenvalue weighted by Gasteiger charge is -2.02. The molecule has 1 amide bonds. The first-order valence-electron chi connectivity index (χ1n) is 6.63. The molecule has 0 bridgehead atoms. The van der Waals surface area contributed by atoms with Crippen LogP contribution in [0.5, 0.6) is 0 Å². The molecule has 0 aliphatic carbocycles. The van der Waals surface area contributed by atoms with Crippen LogP contribution in [0.25, 0.3) is 0 Å². The predicted octanol–water partition coefficient (Wildman–Crippen LogP) is 1.65. The molecule has 1 atom stereocenters. The van der Waals surface area contributed by atoms with E-state index in [1.807, 2.05) is 24.4 Å². The highest BCUT2D eigenvalue weighted by molar-refractivity contribution is 7.84. The van der Waals surface area contributed by atoms with E-state index in [0.717, 1.165) is 11.3 Å².